The van der Waals surface area contributed by atoms with Crippen LogP contribution in [0.2, 0.25) is 0 Å². The van der Waals surface area contributed by atoms with E-state index in [0.717, 1.165) is 12.8 Å². The van der Waals surface area contributed by atoms with Gasteiger partial charge >= 0.3 is 5.97 Å². The lowest BCUT2D eigenvalue weighted by molar-refractivity contribution is -0.546. The number of fused-ring (bicyclic) bond motifs is 4. The molecule has 0 unspecified atom stereocenters. The van der Waals surface area contributed by atoms with E-state index >= 15 is 0 Å². The third-order valence-corrected chi connectivity index (χ3v) is 8.19. The van der Waals surface area contributed by atoms with Crippen LogP contribution in [0.15, 0.2) is 0 Å². The Kier molecular flexibility index (Phi) is 2.81. The summed E-state index contributed by atoms with van der Waals surface area (Å²) in [5, 5.41) is 15.7. The smallest absolute Gasteiger partial charge is 0.324 e. The van der Waals surface area contributed by atoms with Crippen molar-refractivity contribution in [2.24, 2.45) is 28.1 Å². The van der Waals surface area contributed by atoms with Crippen molar-refractivity contribution in [2.45, 2.75) is 78.1 Å². The van der Waals surface area contributed by atoms with Crippen molar-refractivity contribution in [3.63, 3.8) is 0 Å². The molecule has 4 rings (SSSR count). The first kappa shape index (κ1) is 16.3. The Morgan fingerprint density at radius 3 is 2.46 bits per heavy atom. The first-order chi connectivity index (χ1) is 10.9. The van der Waals surface area contributed by atoms with E-state index in [4.69, 9.17) is 4.74 Å². The average Bonchev–Trinajstić information content (AvgIpc) is 2.90. The summed E-state index contributed by atoms with van der Waals surface area (Å²) < 4.78 is 5.96. The van der Waals surface area contributed by atoms with Gasteiger partial charge in [0.2, 0.25) is 6.04 Å². The van der Waals surface area contributed by atoms with Gasteiger partial charge in [-0.3, -0.25) is 20.2 Å². The third-order valence-electron chi connectivity index (χ3n) is 8.19. The zero-order valence-electron chi connectivity index (χ0n) is 15.4. The fourth-order valence-corrected chi connectivity index (χ4v) is 6.90. The summed E-state index contributed by atoms with van der Waals surface area (Å²) in [5.74, 6) is -0.508. The fraction of sp³-hybridized carbons (Fsp3) is 0.944. The lowest BCUT2D eigenvalue weighted by atomic mass is 9.65. The molecule has 4 bridgehead atoms. The SMILES string of the molecule is CC(C)(C)[C@H]1[C@H]([N+](=O)[O-])[C@]23N[C@H]1C(=O)O[C@H]2[C@]1(C)CC[C@H]3C1(C)C. The second-order valence-electron chi connectivity index (χ2n) is 10.2. The molecule has 6 heteroatoms. The van der Waals surface area contributed by atoms with Crippen LogP contribution < -0.4 is 5.32 Å². The Morgan fingerprint density at radius 1 is 1.29 bits per heavy atom. The summed E-state index contributed by atoms with van der Waals surface area (Å²) in [4.78, 5) is 24.8. The zero-order chi connectivity index (χ0) is 17.9. The molecule has 2 saturated carbocycles. The van der Waals surface area contributed by atoms with Crippen LogP contribution in [-0.4, -0.2) is 34.6 Å². The van der Waals surface area contributed by atoms with Crippen molar-refractivity contribution >= 4 is 5.97 Å². The van der Waals surface area contributed by atoms with Crippen LogP contribution >= 0.6 is 0 Å². The maximum absolute atomic E-state index is 12.7. The minimum Gasteiger partial charge on any atom is -0.458 e. The lowest BCUT2D eigenvalue weighted by Crippen LogP contribution is -2.69. The molecule has 0 radical (unpaired) electrons. The largest absolute Gasteiger partial charge is 0.458 e. The Labute approximate surface area is 142 Å². The Morgan fingerprint density at radius 2 is 1.92 bits per heavy atom. The fourth-order valence-electron chi connectivity index (χ4n) is 6.90. The maximum Gasteiger partial charge on any atom is 0.324 e. The number of hydrogen-bond acceptors (Lipinski definition) is 5. The van der Waals surface area contributed by atoms with Gasteiger partial charge in [-0.1, -0.05) is 41.5 Å². The minimum absolute atomic E-state index is 0.0964. The summed E-state index contributed by atoms with van der Waals surface area (Å²) in [7, 11) is 0. The van der Waals surface area contributed by atoms with Crippen LogP contribution in [0.5, 0.6) is 0 Å². The van der Waals surface area contributed by atoms with Gasteiger partial charge in [-0.25, -0.2) is 0 Å². The van der Waals surface area contributed by atoms with Gasteiger partial charge in [-0.05, 0) is 29.6 Å². The molecule has 1 N–H and O–H groups in total. The highest BCUT2D eigenvalue weighted by atomic mass is 16.6. The van der Waals surface area contributed by atoms with E-state index in [2.05, 4.69) is 26.1 Å². The molecule has 4 aliphatic rings. The number of carbonyl (C=O) groups is 1. The number of esters is 1. The number of nitrogens with zero attached hydrogens (tertiary/aromatic N) is 1. The number of morpholine rings is 1. The van der Waals surface area contributed by atoms with Crippen molar-refractivity contribution < 1.29 is 14.5 Å². The molecule has 2 saturated heterocycles. The Balaban J connectivity index is 1.96. The lowest BCUT2D eigenvalue weighted by Gasteiger charge is -2.46. The highest BCUT2D eigenvalue weighted by molar-refractivity contribution is 5.80. The number of rotatable bonds is 1. The molecular weight excluding hydrogens is 308 g/mol. The topological polar surface area (TPSA) is 81.5 Å². The molecule has 4 fully saturated rings. The number of nitro groups is 1. The average molecular weight is 336 g/mol. The van der Waals surface area contributed by atoms with Crippen LogP contribution in [0.3, 0.4) is 0 Å². The maximum atomic E-state index is 12.7. The predicted octanol–water partition coefficient (Wildman–Crippen LogP) is 2.39. The highest BCUT2D eigenvalue weighted by Crippen LogP contribution is 2.73. The zero-order valence-corrected chi connectivity index (χ0v) is 15.4. The molecule has 0 amide bonds. The number of ether oxygens (including phenoxy) is 1. The predicted molar refractivity (Wildman–Crippen MR) is 87.9 cm³/mol. The van der Waals surface area contributed by atoms with Crippen LogP contribution in [0.25, 0.3) is 0 Å². The standard InChI is InChI=1S/C18H28N2O4/c1-15(2,3)10-11-13(21)24-14-17(6)8-7-9(16(17,4)5)18(14,19-11)12(10)20(22)23/h9-12,14,19H,7-8H2,1-6H3/t9-,10+,11+,12-,14-,17-,18-/m0/s1. The normalized spacial score (nSPS) is 51.4. The summed E-state index contributed by atoms with van der Waals surface area (Å²) in [6.45, 7) is 12.5. The van der Waals surface area contributed by atoms with Crippen molar-refractivity contribution in [1.82, 2.24) is 5.32 Å². The molecule has 6 nitrogen and oxygen atoms in total. The van der Waals surface area contributed by atoms with Crippen LogP contribution in [0.1, 0.15) is 54.4 Å². The first-order valence-electron chi connectivity index (χ1n) is 9.01. The second-order valence-corrected chi connectivity index (χ2v) is 10.2. The second kappa shape index (κ2) is 4.14. The molecule has 0 aromatic carbocycles. The van der Waals surface area contributed by atoms with Crippen molar-refractivity contribution in [1.29, 1.82) is 0 Å². The van der Waals surface area contributed by atoms with E-state index in [-0.39, 0.29) is 39.0 Å². The van der Waals surface area contributed by atoms with E-state index in [1.165, 1.54) is 0 Å². The van der Waals surface area contributed by atoms with Crippen molar-refractivity contribution in [3.8, 4) is 0 Å². The van der Waals surface area contributed by atoms with Crippen LogP contribution in [-0.2, 0) is 9.53 Å². The molecule has 2 heterocycles. The molecule has 134 valence electrons. The summed E-state index contributed by atoms with van der Waals surface area (Å²) in [6, 6.07) is -1.36. The third kappa shape index (κ3) is 1.46. The van der Waals surface area contributed by atoms with Gasteiger partial charge in [-0.15, -0.1) is 0 Å². The summed E-state index contributed by atoms with van der Waals surface area (Å²) >= 11 is 0. The molecule has 0 aromatic heterocycles. The summed E-state index contributed by atoms with van der Waals surface area (Å²) in [6.07, 6.45) is 1.50. The number of carbonyl (C=O) groups excluding carboxylic acids is 1. The van der Waals surface area contributed by atoms with E-state index in [1.807, 2.05) is 20.8 Å². The quantitative estimate of drug-likeness (QED) is 0.452. The molecule has 7 atom stereocenters. The van der Waals surface area contributed by atoms with E-state index in [1.54, 1.807) is 0 Å². The molecular formula is C18H28N2O4. The molecule has 2 aliphatic heterocycles. The van der Waals surface area contributed by atoms with Gasteiger partial charge in [0.05, 0.1) is 5.92 Å². The van der Waals surface area contributed by atoms with Crippen molar-refractivity contribution in [3.05, 3.63) is 10.1 Å². The molecule has 1 spiro atoms. The molecule has 2 aliphatic carbocycles. The summed E-state index contributed by atoms with van der Waals surface area (Å²) in [5.41, 5.74) is -1.39. The molecule has 24 heavy (non-hydrogen) atoms. The van der Waals surface area contributed by atoms with Crippen LogP contribution in [0, 0.1) is 38.2 Å². The van der Waals surface area contributed by atoms with E-state index in [9.17, 15) is 14.9 Å². The highest BCUT2D eigenvalue weighted by Gasteiger charge is 2.85. The van der Waals surface area contributed by atoms with Gasteiger partial charge in [0.25, 0.3) is 0 Å². The minimum atomic E-state index is -0.787. The van der Waals surface area contributed by atoms with Gasteiger partial charge in [0, 0.05) is 10.3 Å². The molecule has 0 aromatic rings. The Bertz CT molecular complexity index is 639. The number of nitrogens with one attached hydrogen (secondary N) is 1. The number of hydrogen-bond donors (Lipinski definition) is 1. The van der Waals surface area contributed by atoms with Gasteiger partial charge < -0.3 is 4.74 Å². The van der Waals surface area contributed by atoms with Crippen LogP contribution in [0.4, 0.5) is 0 Å². The van der Waals surface area contributed by atoms with Gasteiger partial charge in [0.15, 0.2) is 0 Å². The van der Waals surface area contributed by atoms with Gasteiger partial charge in [-0.2, -0.15) is 0 Å². The van der Waals surface area contributed by atoms with Crippen molar-refractivity contribution in [2.75, 3.05) is 0 Å². The van der Waals surface area contributed by atoms with Gasteiger partial charge in [0.1, 0.15) is 17.7 Å². The van der Waals surface area contributed by atoms with E-state index < -0.39 is 23.7 Å². The Hall–Kier alpha value is -1.17. The monoisotopic (exact) mass is 336 g/mol. The first-order valence-corrected chi connectivity index (χ1v) is 9.01. The van der Waals surface area contributed by atoms with E-state index in [0.29, 0.717) is 0 Å².